The monoisotopic (exact) mass is 484 g/mol. The van der Waals surface area contributed by atoms with Crippen LogP contribution in [0.3, 0.4) is 0 Å². The number of carboxylic acid groups (broad SMARTS) is 3. The standard InChI is InChI=1S/C20H30N4O8.C2H6/c1-3-7-13(8-4-2)22-19(31)21-12-6-5-9-14(17(27)28)23-20(32)24-15(18(29)30)10-11-16(25)26;1-2/h3-4,7-8,14-15H,1,5-6,9-12H2,2H3,(H,25,26)(H,27,28)(H,29,30)(H2,21,22,31)(H2,23,24,32);1-2H3/b8-4-,13-7+;. The van der Waals surface area contributed by atoms with Crippen LogP contribution in [0.2, 0.25) is 0 Å². The summed E-state index contributed by atoms with van der Waals surface area (Å²) in [4.78, 5) is 56.8. The highest BCUT2D eigenvalue weighted by molar-refractivity contribution is 5.86. The molecule has 34 heavy (non-hydrogen) atoms. The summed E-state index contributed by atoms with van der Waals surface area (Å²) < 4.78 is 0. The fraction of sp³-hybridized carbons (Fsp3) is 0.500. The van der Waals surface area contributed by atoms with Gasteiger partial charge in [0.15, 0.2) is 0 Å². The molecular weight excluding hydrogens is 448 g/mol. The number of carboxylic acids is 3. The lowest BCUT2D eigenvalue weighted by Crippen LogP contribution is -2.51. The molecule has 4 amide bonds. The Bertz CT molecular complexity index is 749. The maximum Gasteiger partial charge on any atom is 0.326 e. The molecule has 0 aromatic rings. The Kier molecular flexibility index (Phi) is 18.9. The summed E-state index contributed by atoms with van der Waals surface area (Å²) in [6.45, 7) is 9.61. The van der Waals surface area contributed by atoms with E-state index in [2.05, 4.69) is 27.8 Å². The van der Waals surface area contributed by atoms with Crippen LogP contribution in [-0.2, 0) is 14.4 Å². The van der Waals surface area contributed by atoms with Crippen molar-refractivity contribution in [1.82, 2.24) is 21.3 Å². The van der Waals surface area contributed by atoms with E-state index in [1.165, 1.54) is 6.08 Å². The van der Waals surface area contributed by atoms with E-state index in [9.17, 15) is 29.1 Å². The number of carbonyl (C=O) groups excluding carboxylic acids is 2. The zero-order valence-corrected chi connectivity index (χ0v) is 19.8. The average Bonchev–Trinajstić information content (AvgIpc) is 2.76. The van der Waals surface area contributed by atoms with Crippen molar-refractivity contribution in [2.75, 3.05) is 6.54 Å². The van der Waals surface area contributed by atoms with E-state index in [0.29, 0.717) is 18.5 Å². The average molecular weight is 485 g/mol. The first-order chi connectivity index (χ1) is 16.1. The minimum atomic E-state index is -1.47. The summed E-state index contributed by atoms with van der Waals surface area (Å²) in [5, 5.41) is 36.4. The lowest BCUT2D eigenvalue weighted by Gasteiger charge is -2.18. The third kappa shape index (κ3) is 16.8. The minimum Gasteiger partial charge on any atom is -0.481 e. The fourth-order valence-corrected chi connectivity index (χ4v) is 2.44. The van der Waals surface area contributed by atoms with Crippen LogP contribution in [0.5, 0.6) is 0 Å². The van der Waals surface area contributed by atoms with Crippen molar-refractivity contribution < 1.29 is 39.3 Å². The van der Waals surface area contributed by atoms with Crippen LogP contribution in [-0.4, -0.2) is 63.9 Å². The van der Waals surface area contributed by atoms with Gasteiger partial charge in [0, 0.05) is 18.7 Å². The lowest BCUT2D eigenvalue weighted by atomic mass is 10.1. The van der Waals surface area contributed by atoms with Crippen molar-refractivity contribution in [2.45, 2.75) is 65.0 Å². The Hall–Kier alpha value is -3.83. The number of amides is 4. The predicted molar refractivity (Wildman–Crippen MR) is 126 cm³/mol. The van der Waals surface area contributed by atoms with Gasteiger partial charge >= 0.3 is 30.0 Å². The summed E-state index contributed by atoms with van der Waals surface area (Å²) >= 11 is 0. The molecule has 7 N–H and O–H groups in total. The van der Waals surface area contributed by atoms with E-state index in [-0.39, 0.29) is 19.4 Å². The second kappa shape index (κ2) is 19.8. The lowest BCUT2D eigenvalue weighted by molar-refractivity contribution is -0.140. The van der Waals surface area contributed by atoms with Crippen molar-refractivity contribution in [2.24, 2.45) is 0 Å². The first kappa shape index (κ1) is 32.4. The van der Waals surface area contributed by atoms with Crippen LogP contribution < -0.4 is 21.3 Å². The Morgan fingerprint density at radius 3 is 1.91 bits per heavy atom. The first-order valence-electron chi connectivity index (χ1n) is 10.8. The van der Waals surface area contributed by atoms with Gasteiger partial charge in [0.05, 0.1) is 0 Å². The number of rotatable bonds is 15. The van der Waals surface area contributed by atoms with Crippen LogP contribution in [0.1, 0.15) is 52.9 Å². The molecule has 0 fully saturated rings. The van der Waals surface area contributed by atoms with Crippen molar-refractivity contribution in [1.29, 1.82) is 0 Å². The molecule has 0 bridgehead atoms. The van der Waals surface area contributed by atoms with E-state index in [0.717, 1.165) is 0 Å². The second-order valence-corrected chi connectivity index (χ2v) is 6.57. The van der Waals surface area contributed by atoms with Crippen molar-refractivity contribution in [3.8, 4) is 0 Å². The molecule has 192 valence electrons. The summed E-state index contributed by atoms with van der Waals surface area (Å²) in [5.41, 5.74) is 0.546. The smallest absolute Gasteiger partial charge is 0.326 e. The molecule has 0 aliphatic carbocycles. The summed E-state index contributed by atoms with van der Waals surface area (Å²) in [7, 11) is 0. The first-order valence-corrected chi connectivity index (χ1v) is 10.8. The highest BCUT2D eigenvalue weighted by Gasteiger charge is 2.24. The number of nitrogens with one attached hydrogen (secondary N) is 4. The third-order valence-electron chi connectivity index (χ3n) is 3.96. The van der Waals surface area contributed by atoms with E-state index in [4.69, 9.17) is 10.2 Å². The van der Waals surface area contributed by atoms with E-state index in [1.54, 1.807) is 25.2 Å². The minimum absolute atomic E-state index is 0.0408. The molecule has 0 aliphatic heterocycles. The largest absolute Gasteiger partial charge is 0.481 e. The number of carbonyl (C=O) groups is 5. The summed E-state index contributed by atoms with van der Waals surface area (Å²) in [6.07, 6.45) is 6.58. The molecule has 0 aromatic carbocycles. The van der Waals surface area contributed by atoms with Gasteiger partial charge in [-0.2, -0.15) is 0 Å². The number of hydrogen-bond acceptors (Lipinski definition) is 5. The molecule has 0 saturated heterocycles. The Labute approximate surface area is 199 Å². The van der Waals surface area contributed by atoms with Crippen molar-refractivity contribution >= 4 is 30.0 Å². The van der Waals surface area contributed by atoms with Gasteiger partial charge in [0.1, 0.15) is 12.1 Å². The van der Waals surface area contributed by atoms with Crippen LogP contribution >= 0.6 is 0 Å². The molecule has 2 unspecified atom stereocenters. The number of allylic oxidation sites excluding steroid dienone is 4. The Morgan fingerprint density at radius 1 is 0.882 bits per heavy atom. The topological polar surface area (TPSA) is 194 Å². The maximum atomic E-state index is 11.9. The van der Waals surface area contributed by atoms with Gasteiger partial charge in [-0.1, -0.05) is 32.6 Å². The van der Waals surface area contributed by atoms with Crippen LogP contribution in [0.25, 0.3) is 0 Å². The van der Waals surface area contributed by atoms with Crippen molar-refractivity contribution in [3.05, 3.63) is 36.6 Å². The number of unbranched alkanes of at least 4 members (excludes halogenated alkanes) is 1. The zero-order valence-electron chi connectivity index (χ0n) is 19.8. The number of aliphatic carboxylic acids is 3. The van der Waals surface area contributed by atoms with Crippen molar-refractivity contribution in [3.63, 3.8) is 0 Å². The van der Waals surface area contributed by atoms with Gasteiger partial charge < -0.3 is 36.6 Å². The third-order valence-corrected chi connectivity index (χ3v) is 3.96. The molecule has 0 rings (SSSR count). The van der Waals surface area contributed by atoms with Gasteiger partial charge in [-0.3, -0.25) is 4.79 Å². The predicted octanol–water partition coefficient (Wildman–Crippen LogP) is 2.20. The van der Waals surface area contributed by atoms with Gasteiger partial charge in [-0.05, 0) is 44.8 Å². The van der Waals surface area contributed by atoms with Crippen LogP contribution in [0.15, 0.2) is 36.6 Å². The zero-order chi connectivity index (χ0) is 26.5. The quantitative estimate of drug-likeness (QED) is 0.136. The normalized spacial score (nSPS) is 12.4. The highest BCUT2D eigenvalue weighted by atomic mass is 16.4. The molecule has 0 aliphatic rings. The summed E-state index contributed by atoms with van der Waals surface area (Å²) in [6, 6.07) is -4.22. The van der Waals surface area contributed by atoms with Gasteiger partial charge in [0.2, 0.25) is 0 Å². The van der Waals surface area contributed by atoms with Gasteiger partial charge in [0.25, 0.3) is 0 Å². The molecule has 0 aromatic heterocycles. The highest BCUT2D eigenvalue weighted by Crippen LogP contribution is 2.03. The molecule has 0 saturated carbocycles. The van der Waals surface area contributed by atoms with Gasteiger partial charge in [-0.15, -0.1) is 0 Å². The Balaban J connectivity index is 0. The molecule has 0 radical (unpaired) electrons. The fourth-order valence-electron chi connectivity index (χ4n) is 2.44. The molecular formula is C22H36N4O8. The SMILES string of the molecule is C=C/C=C(\C=C/C)NC(=O)NCCCCC(NC(=O)NC(CCC(=O)O)C(=O)O)C(=O)O.CC. The number of urea groups is 2. The number of hydrogen-bond donors (Lipinski definition) is 7. The molecule has 12 heteroatoms. The second-order valence-electron chi connectivity index (χ2n) is 6.57. The molecule has 2 atom stereocenters. The molecule has 12 nitrogen and oxygen atoms in total. The van der Waals surface area contributed by atoms with Gasteiger partial charge in [-0.25, -0.2) is 19.2 Å². The van der Waals surface area contributed by atoms with E-state index >= 15 is 0 Å². The molecule has 0 heterocycles. The summed E-state index contributed by atoms with van der Waals surface area (Å²) in [5.74, 6) is -3.97. The van der Waals surface area contributed by atoms with Crippen LogP contribution in [0.4, 0.5) is 9.59 Å². The Morgan fingerprint density at radius 2 is 1.44 bits per heavy atom. The van der Waals surface area contributed by atoms with Crippen LogP contribution in [0, 0.1) is 0 Å². The molecule has 0 spiro atoms. The maximum absolute atomic E-state index is 11.9. The van der Waals surface area contributed by atoms with E-state index < -0.39 is 48.5 Å². The van der Waals surface area contributed by atoms with E-state index in [1.807, 2.05) is 13.8 Å².